The number of fused-ring (bicyclic) bond motifs is 1. The number of nitrogens with one attached hydrogen (secondary N) is 1. The third-order valence-electron chi connectivity index (χ3n) is 5.46. The molecule has 1 amide bonds. The summed E-state index contributed by atoms with van der Waals surface area (Å²) < 4.78 is 0. The van der Waals surface area contributed by atoms with Gasteiger partial charge in [0.15, 0.2) is 0 Å². The molecular weight excluding hydrogens is 324 g/mol. The summed E-state index contributed by atoms with van der Waals surface area (Å²) in [7, 11) is 0. The maximum Gasteiger partial charge on any atom is 0.253 e. The smallest absolute Gasteiger partial charge is 0.253 e. The number of benzene rings is 1. The number of piperidine rings is 1. The number of hydrogen-bond acceptors (Lipinski definition) is 3. The van der Waals surface area contributed by atoms with Crippen LogP contribution in [0, 0.1) is 20.8 Å². The van der Waals surface area contributed by atoms with Crippen LogP contribution in [-0.2, 0) is 0 Å². The largest absolute Gasteiger partial charge is 0.358 e. The molecule has 3 aromatic rings. The van der Waals surface area contributed by atoms with Crippen molar-refractivity contribution in [3.05, 3.63) is 58.8 Å². The van der Waals surface area contributed by atoms with Gasteiger partial charge < -0.3 is 9.88 Å². The molecule has 0 bridgehead atoms. The van der Waals surface area contributed by atoms with E-state index in [0.717, 1.165) is 52.9 Å². The normalized spacial score (nSPS) is 17.7. The highest BCUT2D eigenvalue weighted by atomic mass is 16.2. The van der Waals surface area contributed by atoms with Crippen molar-refractivity contribution in [2.75, 3.05) is 13.1 Å². The third kappa shape index (κ3) is 2.98. The second kappa shape index (κ2) is 6.56. The van der Waals surface area contributed by atoms with Crippen molar-refractivity contribution in [2.45, 2.75) is 39.5 Å². The van der Waals surface area contributed by atoms with Gasteiger partial charge in [-0.1, -0.05) is 0 Å². The molecule has 1 saturated heterocycles. The van der Waals surface area contributed by atoms with Gasteiger partial charge in [-0.3, -0.25) is 14.8 Å². The summed E-state index contributed by atoms with van der Waals surface area (Å²) in [5, 5.41) is 1.13. The number of rotatable bonds is 2. The average Bonchev–Trinajstić information content (AvgIpc) is 2.95. The van der Waals surface area contributed by atoms with E-state index in [-0.39, 0.29) is 11.8 Å². The molecule has 26 heavy (non-hydrogen) atoms. The van der Waals surface area contributed by atoms with E-state index in [2.05, 4.69) is 28.8 Å². The minimum absolute atomic E-state index is 0.107. The summed E-state index contributed by atoms with van der Waals surface area (Å²) in [5.41, 5.74) is 6.13. The van der Waals surface area contributed by atoms with Crippen LogP contribution in [0.3, 0.4) is 0 Å². The van der Waals surface area contributed by atoms with Gasteiger partial charge >= 0.3 is 0 Å². The summed E-state index contributed by atoms with van der Waals surface area (Å²) in [6.07, 6.45) is 5.66. The van der Waals surface area contributed by atoms with Crippen molar-refractivity contribution in [3.63, 3.8) is 0 Å². The van der Waals surface area contributed by atoms with Crippen LogP contribution in [-0.4, -0.2) is 38.8 Å². The lowest BCUT2D eigenvalue weighted by molar-refractivity contribution is 0.0706. The number of aromatic amines is 1. The Labute approximate surface area is 153 Å². The summed E-state index contributed by atoms with van der Waals surface area (Å²) in [5.74, 6) is 0.371. The number of amides is 1. The highest BCUT2D eigenvalue weighted by molar-refractivity contribution is 5.99. The first-order valence-electron chi connectivity index (χ1n) is 9.19. The van der Waals surface area contributed by atoms with Crippen molar-refractivity contribution >= 4 is 16.8 Å². The number of hydrogen-bond donors (Lipinski definition) is 1. The fraction of sp³-hybridized carbons (Fsp3) is 0.381. The number of carbonyl (C=O) groups excluding carboxylic acids is 1. The maximum absolute atomic E-state index is 13.1. The van der Waals surface area contributed by atoms with E-state index in [1.807, 2.05) is 36.2 Å². The van der Waals surface area contributed by atoms with Crippen LogP contribution in [0.2, 0.25) is 0 Å². The lowest BCUT2D eigenvalue weighted by atomic mass is 9.94. The molecule has 0 radical (unpaired) electrons. The van der Waals surface area contributed by atoms with Crippen LogP contribution in [0.1, 0.15) is 51.8 Å². The second-order valence-electron chi connectivity index (χ2n) is 7.31. The molecule has 1 atom stereocenters. The molecule has 1 N–H and O–H groups in total. The molecule has 0 aliphatic carbocycles. The van der Waals surface area contributed by atoms with E-state index in [9.17, 15) is 4.79 Å². The minimum atomic E-state index is 0.107. The van der Waals surface area contributed by atoms with Gasteiger partial charge in [0.1, 0.15) is 0 Å². The summed E-state index contributed by atoms with van der Waals surface area (Å²) in [4.78, 5) is 27.3. The Morgan fingerprint density at radius 2 is 2.08 bits per heavy atom. The fourth-order valence-electron chi connectivity index (χ4n) is 3.86. The predicted molar refractivity (Wildman–Crippen MR) is 102 cm³/mol. The molecule has 0 saturated carbocycles. The van der Waals surface area contributed by atoms with Crippen LogP contribution in [0.25, 0.3) is 10.9 Å². The van der Waals surface area contributed by atoms with E-state index in [4.69, 9.17) is 0 Å². The van der Waals surface area contributed by atoms with E-state index in [0.29, 0.717) is 6.54 Å². The van der Waals surface area contributed by atoms with Gasteiger partial charge in [0.25, 0.3) is 5.91 Å². The molecule has 5 nitrogen and oxygen atoms in total. The molecule has 0 spiro atoms. The first-order valence-corrected chi connectivity index (χ1v) is 9.19. The van der Waals surface area contributed by atoms with Gasteiger partial charge in [0, 0.05) is 53.6 Å². The third-order valence-corrected chi connectivity index (χ3v) is 5.46. The van der Waals surface area contributed by atoms with Crippen molar-refractivity contribution in [3.8, 4) is 0 Å². The molecule has 5 heteroatoms. The fourth-order valence-corrected chi connectivity index (χ4v) is 3.86. The SMILES string of the molecule is Cc1cncc([C@H]2CCCN(C(=O)c3ccc4[nH]c(C)c(C)c4c3)C2)n1. The summed E-state index contributed by atoms with van der Waals surface area (Å²) in [6.45, 7) is 7.63. The zero-order valence-corrected chi connectivity index (χ0v) is 15.5. The van der Waals surface area contributed by atoms with E-state index >= 15 is 0 Å². The van der Waals surface area contributed by atoms with Crippen LogP contribution >= 0.6 is 0 Å². The van der Waals surface area contributed by atoms with Crippen molar-refractivity contribution < 1.29 is 4.79 Å². The van der Waals surface area contributed by atoms with Gasteiger partial charge in [-0.2, -0.15) is 0 Å². The molecule has 134 valence electrons. The van der Waals surface area contributed by atoms with E-state index in [1.165, 1.54) is 5.56 Å². The zero-order valence-electron chi connectivity index (χ0n) is 15.5. The van der Waals surface area contributed by atoms with Crippen molar-refractivity contribution in [1.82, 2.24) is 19.9 Å². The second-order valence-corrected chi connectivity index (χ2v) is 7.31. The van der Waals surface area contributed by atoms with Gasteiger partial charge in [0.05, 0.1) is 11.4 Å². The van der Waals surface area contributed by atoms with Crippen molar-refractivity contribution in [1.29, 1.82) is 0 Å². The highest BCUT2D eigenvalue weighted by Gasteiger charge is 2.26. The summed E-state index contributed by atoms with van der Waals surface area (Å²) in [6, 6.07) is 5.96. The number of aromatic nitrogens is 3. The molecule has 3 heterocycles. The average molecular weight is 348 g/mol. The Bertz CT molecular complexity index is 975. The monoisotopic (exact) mass is 348 g/mol. The Balaban J connectivity index is 1.58. The molecule has 4 rings (SSSR count). The van der Waals surface area contributed by atoms with E-state index < -0.39 is 0 Å². The molecule has 1 aromatic carbocycles. The van der Waals surface area contributed by atoms with E-state index in [1.54, 1.807) is 6.20 Å². The first kappa shape index (κ1) is 16.8. The Hall–Kier alpha value is -2.69. The lowest BCUT2D eigenvalue weighted by Crippen LogP contribution is -2.39. The number of H-pyrrole nitrogens is 1. The first-order chi connectivity index (χ1) is 12.5. The molecule has 1 aliphatic heterocycles. The number of nitrogens with zero attached hydrogens (tertiary/aromatic N) is 3. The zero-order chi connectivity index (χ0) is 18.3. The number of carbonyl (C=O) groups is 1. The van der Waals surface area contributed by atoms with Crippen LogP contribution in [0.4, 0.5) is 0 Å². The molecule has 2 aromatic heterocycles. The maximum atomic E-state index is 13.1. The van der Waals surface area contributed by atoms with Gasteiger partial charge in [-0.25, -0.2) is 0 Å². The minimum Gasteiger partial charge on any atom is -0.358 e. The van der Waals surface area contributed by atoms with Gasteiger partial charge in [-0.05, 0) is 57.4 Å². The van der Waals surface area contributed by atoms with Crippen LogP contribution < -0.4 is 0 Å². The standard InChI is InChI=1S/C21H24N4O/c1-13-10-22-11-20(23-13)17-5-4-8-25(12-17)21(26)16-6-7-19-18(9-16)14(2)15(3)24-19/h6-7,9-11,17,24H,4-5,8,12H2,1-3H3/t17-/m0/s1. The Kier molecular flexibility index (Phi) is 4.23. The number of likely N-dealkylation sites (tertiary alicyclic amines) is 1. The molecular formula is C21H24N4O. The topological polar surface area (TPSA) is 61.9 Å². The van der Waals surface area contributed by atoms with Gasteiger partial charge in [0.2, 0.25) is 0 Å². The quantitative estimate of drug-likeness (QED) is 0.764. The molecule has 1 aliphatic rings. The van der Waals surface area contributed by atoms with Crippen molar-refractivity contribution in [2.24, 2.45) is 0 Å². The van der Waals surface area contributed by atoms with Gasteiger partial charge in [-0.15, -0.1) is 0 Å². The van der Waals surface area contributed by atoms with Crippen LogP contribution in [0.5, 0.6) is 0 Å². The number of aryl methyl sites for hydroxylation is 3. The Morgan fingerprint density at radius 3 is 2.88 bits per heavy atom. The predicted octanol–water partition coefficient (Wildman–Crippen LogP) is 3.90. The lowest BCUT2D eigenvalue weighted by Gasteiger charge is -2.32. The summed E-state index contributed by atoms with van der Waals surface area (Å²) >= 11 is 0. The molecule has 0 unspecified atom stereocenters. The molecule has 1 fully saturated rings. The highest BCUT2D eigenvalue weighted by Crippen LogP contribution is 2.28. The van der Waals surface area contributed by atoms with Crippen LogP contribution in [0.15, 0.2) is 30.6 Å². The Morgan fingerprint density at radius 1 is 1.23 bits per heavy atom.